The lowest BCUT2D eigenvalue weighted by molar-refractivity contribution is -0.117. The van der Waals surface area contributed by atoms with Crippen LogP contribution >= 0.6 is 15.9 Å². The first-order valence-electron chi connectivity index (χ1n) is 8.68. The van der Waals surface area contributed by atoms with Gasteiger partial charge in [-0.15, -0.1) is 0 Å². The largest absolute Gasteiger partial charge is 0.322 e. The molecule has 0 saturated heterocycles. The van der Waals surface area contributed by atoms with E-state index in [2.05, 4.69) is 31.4 Å². The minimum absolute atomic E-state index is 0.0524. The number of halogens is 2. The van der Waals surface area contributed by atoms with Crippen LogP contribution in [0.2, 0.25) is 0 Å². The van der Waals surface area contributed by atoms with Gasteiger partial charge in [0.1, 0.15) is 24.2 Å². The number of fused-ring (bicyclic) bond motifs is 1. The molecule has 0 aliphatic carbocycles. The Hall–Kier alpha value is -3.33. The van der Waals surface area contributed by atoms with Gasteiger partial charge in [0.15, 0.2) is 0 Å². The molecule has 0 aliphatic rings. The van der Waals surface area contributed by atoms with E-state index in [0.29, 0.717) is 5.69 Å². The first-order chi connectivity index (χ1) is 13.9. The van der Waals surface area contributed by atoms with Crippen molar-refractivity contribution >= 4 is 33.0 Å². The standard InChI is InChI=1S/C20H15BrFN5O2/c1-12-2-7-16(15(22)8-12)24-19(28)10-26-20(29)18-9-17(25-27(18)11-23-26)13-3-5-14(21)6-4-13/h2-9,11H,10H2,1H3,(H,24,28). The smallest absolute Gasteiger partial charge is 0.293 e. The van der Waals surface area contributed by atoms with Gasteiger partial charge >= 0.3 is 0 Å². The zero-order valence-corrected chi connectivity index (χ0v) is 16.9. The van der Waals surface area contributed by atoms with Crippen LogP contribution in [0.4, 0.5) is 10.1 Å². The second-order valence-electron chi connectivity index (χ2n) is 6.49. The lowest BCUT2D eigenvalue weighted by Crippen LogP contribution is -2.30. The molecule has 1 amide bonds. The molecule has 2 heterocycles. The molecule has 146 valence electrons. The third-order valence-electron chi connectivity index (χ3n) is 4.32. The Morgan fingerprint density at radius 3 is 2.66 bits per heavy atom. The number of carbonyl (C=O) groups is 1. The Morgan fingerprint density at radius 2 is 1.93 bits per heavy atom. The Morgan fingerprint density at radius 1 is 1.17 bits per heavy atom. The van der Waals surface area contributed by atoms with Crippen molar-refractivity contribution in [1.82, 2.24) is 19.4 Å². The number of nitrogens with zero attached hydrogens (tertiary/aromatic N) is 4. The number of aryl methyl sites for hydroxylation is 1. The topological polar surface area (TPSA) is 81.3 Å². The minimum atomic E-state index is -0.556. The van der Waals surface area contributed by atoms with E-state index in [1.54, 1.807) is 19.1 Å². The van der Waals surface area contributed by atoms with Crippen LogP contribution in [0.25, 0.3) is 16.8 Å². The second-order valence-corrected chi connectivity index (χ2v) is 7.41. The summed E-state index contributed by atoms with van der Waals surface area (Å²) in [5, 5.41) is 10.8. The van der Waals surface area contributed by atoms with E-state index in [1.807, 2.05) is 24.3 Å². The fourth-order valence-electron chi connectivity index (χ4n) is 2.86. The molecule has 0 atom stereocenters. The molecular formula is C20H15BrFN5O2. The number of anilines is 1. The minimum Gasteiger partial charge on any atom is -0.322 e. The fourth-order valence-corrected chi connectivity index (χ4v) is 3.12. The van der Waals surface area contributed by atoms with E-state index in [1.165, 1.54) is 23.0 Å². The summed E-state index contributed by atoms with van der Waals surface area (Å²) < 4.78 is 17.2. The van der Waals surface area contributed by atoms with Crippen LogP contribution in [0.15, 0.2) is 64.1 Å². The highest BCUT2D eigenvalue weighted by molar-refractivity contribution is 9.10. The average Bonchev–Trinajstić information content (AvgIpc) is 3.12. The fraction of sp³-hybridized carbons (Fsp3) is 0.100. The first kappa shape index (κ1) is 19.0. The number of nitrogens with one attached hydrogen (secondary N) is 1. The second kappa shape index (κ2) is 7.59. The summed E-state index contributed by atoms with van der Waals surface area (Å²) in [6.07, 6.45) is 1.36. The van der Waals surface area contributed by atoms with E-state index >= 15 is 0 Å². The Kier molecular flexibility index (Phi) is 4.98. The summed E-state index contributed by atoms with van der Waals surface area (Å²) in [5.41, 5.74) is 2.06. The van der Waals surface area contributed by atoms with Crippen LogP contribution in [0.1, 0.15) is 5.56 Å². The molecule has 0 bridgehead atoms. The molecular weight excluding hydrogens is 441 g/mol. The van der Waals surface area contributed by atoms with Crippen LogP contribution in [0.3, 0.4) is 0 Å². The number of aromatic nitrogens is 4. The van der Waals surface area contributed by atoms with E-state index < -0.39 is 17.3 Å². The zero-order valence-electron chi connectivity index (χ0n) is 15.3. The van der Waals surface area contributed by atoms with Crippen molar-refractivity contribution in [2.75, 3.05) is 5.32 Å². The number of carbonyl (C=O) groups excluding carboxylic acids is 1. The highest BCUT2D eigenvalue weighted by Crippen LogP contribution is 2.21. The molecule has 0 spiro atoms. The number of amides is 1. The van der Waals surface area contributed by atoms with Crippen molar-refractivity contribution < 1.29 is 9.18 Å². The van der Waals surface area contributed by atoms with Crippen molar-refractivity contribution in [2.24, 2.45) is 0 Å². The Bertz CT molecular complexity index is 1280. The maximum absolute atomic E-state index is 13.9. The predicted octanol–water partition coefficient (Wildman–Crippen LogP) is 3.41. The Labute approximate surface area is 172 Å². The van der Waals surface area contributed by atoms with Crippen LogP contribution in [-0.2, 0) is 11.3 Å². The van der Waals surface area contributed by atoms with Gasteiger partial charge < -0.3 is 5.32 Å². The molecule has 29 heavy (non-hydrogen) atoms. The van der Waals surface area contributed by atoms with Crippen LogP contribution in [0, 0.1) is 12.7 Å². The van der Waals surface area contributed by atoms with Crippen LogP contribution < -0.4 is 10.9 Å². The lowest BCUT2D eigenvalue weighted by Gasteiger charge is -2.08. The van der Waals surface area contributed by atoms with Gasteiger partial charge in [-0.05, 0) is 42.8 Å². The van der Waals surface area contributed by atoms with Gasteiger partial charge in [-0.1, -0.05) is 34.1 Å². The van der Waals surface area contributed by atoms with Gasteiger partial charge in [0.05, 0.1) is 11.4 Å². The summed E-state index contributed by atoms with van der Waals surface area (Å²) in [4.78, 5) is 25.0. The van der Waals surface area contributed by atoms with E-state index in [4.69, 9.17) is 0 Å². The van der Waals surface area contributed by atoms with Crippen molar-refractivity contribution in [1.29, 1.82) is 0 Å². The molecule has 9 heteroatoms. The third kappa shape index (κ3) is 3.95. The quantitative estimate of drug-likeness (QED) is 0.511. The van der Waals surface area contributed by atoms with E-state index in [9.17, 15) is 14.0 Å². The summed E-state index contributed by atoms with van der Waals surface area (Å²) in [6.45, 7) is 1.41. The molecule has 1 N–H and O–H groups in total. The third-order valence-corrected chi connectivity index (χ3v) is 4.85. The van der Waals surface area contributed by atoms with Gasteiger partial charge in [0, 0.05) is 10.0 Å². The number of hydrogen-bond donors (Lipinski definition) is 1. The van der Waals surface area contributed by atoms with Gasteiger partial charge in [0.2, 0.25) is 5.91 Å². The molecule has 2 aromatic heterocycles. The van der Waals surface area contributed by atoms with Gasteiger partial charge in [-0.25, -0.2) is 13.6 Å². The maximum atomic E-state index is 13.9. The molecule has 4 rings (SSSR count). The van der Waals surface area contributed by atoms with E-state index in [0.717, 1.165) is 20.3 Å². The summed E-state index contributed by atoms with van der Waals surface area (Å²) in [6, 6.07) is 13.6. The first-order valence-corrected chi connectivity index (χ1v) is 9.47. The lowest BCUT2D eigenvalue weighted by atomic mass is 10.1. The highest BCUT2D eigenvalue weighted by atomic mass is 79.9. The van der Waals surface area contributed by atoms with E-state index in [-0.39, 0.29) is 17.7 Å². The number of benzene rings is 2. The normalized spacial score (nSPS) is 11.0. The maximum Gasteiger partial charge on any atom is 0.293 e. The molecule has 0 unspecified atom stereocenters. The molecule has 2 aromatic carbocycles. The molecule has 0 saturated carbocycles. The molecule has 0 radical (unpaired) electrons. The van der Waals surface area contributed by atoms with Gasteiger partial charge in [0.25, 0.3) is 5.56 Å². The number of rotatable bonds is 4. The summed E-state index contributed by atoms with van der Waals surface area (Å²) in [5.74, 6) is -1.09. The van der Waals surface area contributed by atoms with Gasteiger partial charge in [-0.2, -0.15) is 10.2 Å². The Balaban J connectivity index is 1.59. The van der Waals surface area contributed by atoms with Crippen molar-refractivity contribution in [3.05, 3.63) is 81.1 Å². The van der Waals surface area contributed by atoms with Crippen molar-refractivity contribution in [2.45, 2.75) is 13.5 Å². The predicted molar refractivity (Wildman–Crippen MR) is 110 cm³/mol. The van der Waals surface area contributed by atoms with Crippen molar-refractivity contribution in [3.8, 4) is 11.3 Å². The van der Waals surface area contributed by atoms with Crippen LogP contribution in [-0.4, -0.2) is 25.3 Å². The summed E-state index contributed by atoms with van der Waals surface area (Å²) >= 11 is 3.38. The average molecular weight is 456 g/mol. The zero-order chi connectivity index (χ0) is 20.5. The SMILES string of the molecule is Cc1ccc(NC(=O)Cn2ncn3nc(-c4ccc(Br)cc4)cc3c2=O)c(F)c1. The highest BCUT2D eigenvalue weighted by Gasteiger charge is 2.13. The molecule has 0 fully saturated rings. The number of hydrogen-bond acceptors (Lipinski definition) is 4. The summed E-state index contributed by atoms with van der Waals surface area (Å²) in [7, 11) is 0. The molecule has 7 nitrogen and oxygen atoms in total. The molecule has 4 aromatic rings. The van der Waals surface area contributed by atoms with Gasteiger partial charge in [-0.3, -0.25) is 9.59 Å². The van der Waals surface area contributed by atoms with Crippen molar-refractivity contribution in [3.63, 3.8) is 0 Å². The molecule has 0 aliphatic heterocycles. The monoisotopic (exact) mass is 455 g/mol. The van der Waals surface area contributed by atoms with Crippen LogP contribution in [0.5, 0.6) is 0 Å².